The van der Waals surface area contributed by atoms with Gasteiger partial charge < -0.3 is 10.2 Å². The summed E-state index contributed by atoms with van der Waals surface area (Å²) in [5, 5.41) is 18.8. The molecular weight excluding hydrogens is 284 g/mol. The maximum atomic E-state index is 11.5. The van der Waals surface area contributed by atoms with Gasteiger partial charge >= 0.3 is 49.7 Å². The molecule has 0 saturated carbocycles. The van der Waals surface area contributed by atoms with E-state index in [-0.39, 0.29) is 44.2 Å². The molecule has 0 saturated heterocycles. The van der Waals surface area contributed by atoms with Crippen molar-refractivity contribution < 1.29 is 19.8 Å². The molecule has 20 heavy (non-hydrogen) atoms. The molecular formula is C15H22CaO4. The molecule has 0 aliphatic carbocycles. The summed E-state index contributed by atoms with van der Waals surface area (Å²) in [4.78, 5) is 23.1. The molecule has 5 heteroatoms. The van der Waals surface area contributed by atoms with E-state index >= 15 is 0 Å². The van der Waals surface area contributed by atoms with Crippen molar-refractivity contribution in [3.63, 3.8) is 0 Å². The predicted molar refractivity (Wildman–Crippen MR) is 80.7 cm³/mol. The first-order valence-corrected chi connectivity index (χ1v) is 6.58. The molecule has 0 fully saturated rings. The van der Waals surface area contributed by atoms with E-state index in [9.17, 15) is 19.8 Å². The number of carboxylic acids is 2. The standard InChI is InChI=1S/C15H20O4.Ca.2H/c1-2-3-4-8-11-15(13(16)17,14(18)19)12-9-6-5-7-10-12;;;/h5-7,9-10H,2-4,8,11H2,1H3,(H,16,17)(H,18,19);;;. The Kier molecular flexibility index (Phi) is 9.10. The molecule has 108 valence electrons. The summed E-state index contributed by atoms with van der Waals surface area (Å²) in [6, 6.07) is 8.23. The van der Waals surface area contributed by atoms with Gasteiger partial charge in [0.1, 0.15) is 0 Å². The Morgan fingerprint density at radius 3 is 2.00 bits per heavy atom. The number of carboxylic acid groups (broad SMARTS) is 2. The summed E-state index contributed by atoms with van der Waals surface area (Å²) < 4.78 is 0. The fourth-order valence-corrected chi connectivity index (χ4v) is 2.24. The van der Waals surface area contributed by atoms with Crippen LogP contribution in [0.2, 0.25) is 0 Å². The number of benzene rings is 1. The maximum absolute atomic E-state index is 11.5. The van der Waals surface area contributed by atoms with Crippen molar-refractivity contribution in [3.05, 3.63) is 35.9 Å². The van der Waals surface area contributed by atoms with Gasteiger partial charge in [-0.1, -0.05) is 62.9 Å². The van der Waals surface area contributed by atoms with Crippen molar-refractivity contribution in [1.29, 1.82) is 0 Å². The normalized spacial score (nSPS) is 10.7. The summed E-state index contributed by atoms with van der Waals surface area (Å²) >= 11 is 0. The minimum absolute atomic E-state index is 0. The summed E-state index contributed by atoms with van der Waals surface area (Å²) in [6.45, 7) is 2.05. The molecule has 0 unspecified atom stereocenters. The summed E-state index contributed by atoms with van der Waals surface area (Å²) in [6.07, 6.45) is 3.59. The van der Waals surface area contributed by atoms with E-state index < -0.39 is 17.4 Å². The number of hydrogen-bond acceptors (Lipinski definition) is 2. The van der Waals surface area contributed by atoms with E-state index in [1.54, 1.807) is 30.3 Å². The fraction of sp³-hybridized carbons (Fsp3) is 0.467. The molecule has 0 heterocycles. The Labute approximate surface area is 149 Å². The first-order chi connectivity index (χ1) is 9.05. The average molecular weight is 306 g/mol. The van der Waals surface area contributed by atoms with Gasteiger partial charge in [-0.05, 0) is 12.0 Å². The third-order valence-electron chi connectivity index (χ3n) is 3.40. The van der Waals surface area contributed by atoms with Crippen molar-refractivity contribution in [1.82, 2.24) is 0 Å². The third-order valence-corrected chi connectivity index (χ3v) is 3.40. The monoisotopic (exact) mass is 306 g/mol. The molecule has 1 rings (SSSR count). The molecule has 0 amide bonds. The molecule has 2 N–H and O–H groups in total. The molecule has 4 nitrogen and oxygen atoms in total. The van der Waals surface area contributed by atoms with Crippen LogP contribution in [0.1, 0.15) is 44.6 Å². The second-order valence-electron chi connectivity index (χ2n) is 4.69. The van der Waals surface area contributed by atoms with Crippen LogP contribution in [0.3, 0.4) is 0 Å². The van der Waals surface area contributed by atoms with Gasteiger partial charge in [-0.25, -0.2) is 0 Å². The van der Waals surface area contributed by atoms with Crippen LogP contribution in [-0.2, 0) is 15.0 Å². The van der Waals surface area contributed by atoms with Gasteiger partial charge in [0, 0.05) is 0 Å². The van der Waals surface area contributed by atoms with E-state index in [1.165, 1.54) is 0 Å². The summed E-state index contributed by atoms with van der Waals surface area (Å²) in [7, 11) is 0. The first-order valence-electron chi connectivity index (χ1n) is 6.58. The van der Waals surface area contributed by atoms with Crippen LogP contribution >= 0.6 is 0 Å². The van der Waals surface area contributed by atoms with Crippen LogP contribution in [0.25, 0.3) is 0 Å². The van der Waals surface area contributed by atoms with Crippen molar-refractivity contribution in [3.8, 4) is 0 Å². The molecule has 0 spiro atoms. The molecule has 0 aromatic heterocycles. The number of hydrogen-bond donors (Lipinski definition) is 2. The van der Waals surface area contributed by atoms with Crippen LogP contribution in [-0.4, -0.2) is 59.9 Å². The van der Waals surface area contributed by atoms with Crippen LogP contribution in [0.4, 0.5) is 0 Å². The van der Waals surface area contributed by atoms with Gasteiger partial charge in [0.15, 0.2) is 5.41 Å². The van der Waals surface area contributed by atoms with Gasteiger partial charge in [-0.3, -0.25) is 9.59 Å². The van der Waals surface area contributed by atoms with E-state index in [1.807, 2.05) is 0 Å². The van der Waals surface area contributed by atoms with Gasteiger partial charge in [0.25, 0.3) is 0 Å². The van der Waals surface area contributed by atoms with Crippen LogP contribution in [0, 0.1) is 0 Å². The van der Waals surface area contributed by atoms with E-state index in [4.69, 9.17) is 0 Å². The number of carbonyl (C=O) groups is 2. The zero-order valence-electron chi connectivity index (χ0n) is 11.1. The zero-order valence-corrected chi connectivity index (χ0v) is 11.1. The third kappa shape index (κ3) is 4.47. The van der Waals surface area contributed by atoms with Crippen molar-refractivity contribution >= 4 is 49.7 Å². The minimum atomic E-state index is -1.82. The Morgan fingerprint density at radius 2 is 1.55 bits per heavy atom. The fourth-order valence-electron chi connectivity index (χ4n) is 2.24. The van der Waals surface area contributed by atoms with E-state index in [2.05, 4.69) is 6.92 Å². The Bertz CT molecular complexity index is 417. The quantitative estimate of drug-likeness (QED) is 0.438. The van der Waals surface area contributed by atoms with Crippen molar-refractivity contribution in [2.45, 2.75) is 44.4 Å². The second kappa shape index (κ2) is 9.37. The number of rotatable bonds is 8. The van der Waals surface area contributed by atoms with Gasteiger partial charge in [-0.2, -0.15) is 0 Å². The van der Waals surface area contributed by atoms with Crippen LogP contribution in [0.15, 0.2) is 30.3 Å². The van der Waals surface area contributed by atoms with Gasteiger partial charge in [0.2, 0.25) is 0 Å². The summed E-state index contributed by atoms with van der Waals surface area (Å²) in [5.41, 5.74) is -1.49. The van der Waals surface area contributed by atoms with Crippen molar-refractivity contribution in [2.24, 2.45) is 0 Å². The Morgan fingerprint density at radius 1 is 1.00 bits per heavy atom. The molecule has 0 atom stereocenters. The first kappa shape index (κ1) is 19.4. The number of unbranched alkanes of at least 4 members (excludes halogenated alkanes) is 3. The zero-order chi connectivity index (χ0) is 14.3. The SMILES string of the molecule is CCCCCCC(C(=O)O)(C(=O)O)c1ccccc1.[CaH2]. The van der Waals surface area contributed by atoms with Gasteiger partial charge in [0.05, 0.1) is 0 Å². The molecule has 1 aromatic carbocycles. The van der Waals surface area contributed by atoms with Crippen LogP contribution < -0.4 is 0 Å². The average Bonchev–Trinajstić information content (AvgIpc) is 2.39. The summed E-state index contributed by atoms with van der Waals surface area (Å²) in [5.74, 6) is -2.58. The van der Waals surface area contributed by atoms with Gasteiger partial charge in [-0.15, -0.1) is 0 Å². The second-order valence-corrected chi connectivity index (χ2v) is 4.69. The number of aliphatic carboxylic acids is 2. The molecule has 1 aromatic rings. The Balaban J connectivity index is 0.00000361. The van der Waals surface area contributed by atoms with E-state index in [0.717, 1.165) is 19.3 Å². The van der Waals surface area contributed by atoms with E-state index in [0.29, 0.717) is 12.0 Å². The Hall–Kier alpha value is -0.580. The van der Waals surface area contributed by atoms with Crippen LogP contribution in [0.5, 0.6) is 0 Å². The topological polar surface area (TPSA) is 74.6 Å². The molecule has 0 bridgehead atoms. The van der Waals surface area contributed by atoms with Crippen molar-refractivity contribution in [2.75, 3.05) is 0 Å². The molecule has 0 aliphatic heterocycles. The molecule has 0 radical (unpaired) electrons. The predicted octanol–water partition coefficient (Wildman–Crippen LogP) is 2.15. The molecule has 0 aliphatic rings.